The average Bonchev–Trinajstić information content (AvgIpc) is 3.27. The number of benzene rings is 2. The van der Waals surface area contributed by atoms with E-state index in [9.17, 15) is 10.1 Å². The van der Waals surface area contributed by atoms with Crippen molar-refractivity contribution in [3.63, 3.8) is 0 Å². The second-order valence-corrected chi connectivity index (χ2v) is 6.98. The monoisotopic (exact) mass is 400 g/mol. The second kappa shape index (κ2) is 6.33. The van der Waals surface area contributed by atoms with Gasteiger partial charge in [0.2, 0.25) is 0 Å². The molecular formula is C21H13ClN6O. The van der Waals surface area contributed by atoms with Crippen molar-refractivity contribution in [2.24, 2.45) is 0 Å². The number of halogens is 1. The molecule has 29 heavy (non-hydrogen) atoms. The van der Waals surface area contributed by atoms with Crippen molar-refractivity contribution in [1.29, 1.82) is 5.26 Å². The summed E-state index contributed by atoms with van der Waals surface area (Å²) in [6.07, 6.45) is 0. The molecule has 0 bridgehead atoms. The Bertz CT molecular complexity index is 1500. The van der Waals surface area contributed by atoms with Crippen LogP contribution in [0, 0.1) is 18.3 Å². The topological polar surface area (TPSA) is 91.8 Å². The first-order valence-electron chi connectivity index (χ1n) is 8.84. The molecule has 0 amide bonds. The maximum atomic E-state index is 13.2. The molecule has 5 aromatic rings. The lowest BCUT2D eigenvalue weighted by molar-refractivity contribution is 0.874. The van der Waals surface area contributed by atoms with Gasteiger partial charge >= 0.3 is 0 Å². The average molecular weight is 401 g/mol. The van der Waals surface area contributed by atoms with Crippen LogP contribution in [0.1, 0.15) is 11.3 Å². The number of hydrogen-bond donors (Lipinski definition) is 1. The molecule has 0 saturated heterocycles. The highest BCUT2D eigenvalue weighted by molar-refractivity contribution is 6.33. The van der Waals surface area contributed by atoms with Gasteiger partial charge in [0.05, 0.1) is 10.7 Å². The third-order valence-electron chi connectivity index (χ3n) is 4.82. The van der Waals surface area contributed by atoms with Crippen LogP contribution < -0.4 is 5.56 Å². The lowest BCUT2D eigenvalue weighted by Crippen LogP contribution is -2.16. The Morgan fingerprint density at radius 1 is 1.07 bits per heavy atom. The molecule has 0 saturated carbocycles. The first kappa shape index (κ1) is 17.2. The van der Waals surface area contributed by atoms with Gasteiger partial charge in [-0.05, 0) is 25.1 Å². The lowest BCUT2D eigenvalue weighted by atomic mass is 10.1. The Kier molecular flexibility index (Phi) is 3.76. The summed E-state index contributed by atoms with van der Waals surface area (Å²) in [5.41, 5.74) is 2.90. The highest BCUT2D eigenvalue weighted by atomic mass is 35.5. The van der Waals surface area contributed by atoms with Crippen molar-refractivity contribution >= 4 is 28.3 Å². The van der Waals surface area contributed by atoms with Gasteiger partial charge in [-0.2, -0.15) is 14.9 Å². The number of hydrogen-bond acceptors (Lipinski definition) is 4. The lowest BCUT2D eigenvalue weighted by Gasteiger charge is -2.03. The minimum absolute atomic E-state index is 0.198. The molecule has 3 heterocycles. The van der Waals surface area contributed by atoms with Gasteiger partial charge in [0.1, 0.15) is 22.7 Å². The summed E-state index contributed by atoms with van der Waals surface area (Å²) in [5.74, 6) is 0. The van der Waals surface area contributed by atoms with E-state index in [0.29, 0.717) is 33.0 Å². The first-order chi connectivity index (χ1) is 14.1. The Morgan fingerprint density at radius 3 is 2.52 bits per heavy atom. The predicted molar refractivity (Wildman–Crippen MR) is 110 cm³/mol. The van der Waals surface area contributed by atoms with Crippen LogP contribution in [0.5, 0.6) is 0 Å². The third kappa shape index (κ3) is 2.47. The molecular weight excluding hydrogens is 388 g/mol. The van der Waals surface area contributed by atoms with Crippen LogP contribution in [0.2, 0.25) is 5.02 Å². The number of H-pyrrole nitrogens is 1. The number of rotatable bonds is 2. The SMILES string of the molecule is Cc1[nH]n(-c2ccccc2)c2nc3c(C#N)c(-c4ccccc4Cl)nn3c(=O)c12. The molecule has 5 rings (SSSR count). The van der Waals surface area contributed by atoms with Crippen LogP contribution in [0.4, 0.5) is 0 Å². The van der Waals surface area contributed by atoms with Crippen molar-refractivity contribution in [3.05, 3.63) is 81.2 Å². The van der Waals surface area contributed by atoms with Crippen LogP contribution in [0.3, 0.4) is 0 Å². The molecule has 0 fully saturated rings. The molecule has 7 nitrogen and oxygen atoms in total. The molecule has 3 aromatic heterocycles. The summed E-state index contributed by atoms with van der Waals surface area (Å²) < 4.78 is 2.91. The van der Waals surface area contributed by atoms with E-state index in [1.807, 2.05) is 30.3 Å². The van der Waals surface area contributed by atoms with Crippen LogP contribution in [0.25, 0.3) is 33.6 Å². The molecule has 1 N–H and O–H groups in total. The zero-order valence-corrected chi connectivity index (χ0v) is 16.0. The molecule has 2 aromatic carbocycles. The van der Waals surface area contributed by atoms with E-state index >= 15 is 0 Å². The Balaban J connectivity index is 1.91. The van der Waals surface area contributed by atoms with E-state index in [2.05, 4.69) is 21.3 Å². The fraction of sp³-hybridized carbons (Fsp3) is 0.0476. The summed E-state index contributed by atoms with van der Waals surface area (Å²) in [7, 11) is 0. The number of aromatic nitrogens is 5. The summed E-state index contributed by atoms with van der Waals surface area (Å²) in [4.78, 5) is 17.9. The van der Waals surface area contributed by atoms with Gasteiger partial charge in [0, 0.05) is 11.3 Å². The van der Waals surface area contributed by atoms with E-state index in [0.717, 1.165) is 5.69 Å². The zero-order valence-electron chi connectivity index (χ0n) is 15.2. The minimum Gasteiger partial charge on any atom is -0.296 e. The van der Waals surface area contributed by atoms with Gasteiger partial charge < -0.3 is 0 Å². The maximum absolute atomic E-state index is 13.2. The van der Waals surface area contributed by atoms with Crippen LogP contribution in [-0.2, 0) is 0 Å². The summed E-state index contributed by atoms with van der Waals surface area (Å²) in [6, 6.07) is 18.7. The van der Waals surface area contributed by atoms with Crippen LogP contribution >= 0.6 is 11.6 Å². The maximum Gasteiger partial charge on any atom is 0.285 e. The Morgan fingerprint density at radius 2 is 1.79 bits per heavy atom. The molecule has 0 aliphatic carbocycles. The van der Waals surface area contributed by atoms with Gasteiger partial charge in [-0.25, -0.2) is 9.67 Å². The highest BCUT2D eigenvalue weighted by Crippen LogP contribution is 2.31. The molecule has 0 spiro atoms. The summed E-state index contributed by atoms with van der Waals surface area (Å²) in [6.45, 7) is 1.81. The van der Waals surface area contributed by atoms with Crippen molar-refractivity contribution in [1.82, 2.24) is 24.4 Å². The standard InChI is InChI=1S/C21H13ClN6O/c1-12-17-20(27(25-12)13-7-3-2-4-8-13)24-19-15(11-23)18(26-28(19)21(17)29)14-9-5-6-10-16(14)22/h2-10,25H,1H3. The van der Waals surface area contributed by atoms with E-state index < -0.39 is 0 Å². The fourth-order valence-electron chi connectivity index (χ4n) is 3.49. The number of aryl methyl sites for hydroxylation is 1. The van der Waals surface area contributed by atoms with Crippen molar-refractivity contribution in [2.75, 3.05) is 0 Å². The van der Waals surface area contributed by atoms with Gasteiger partial charge in [0.15, 0.2) is 11.3 Å². The number of fused-ring (bicyclic) bond motifs is 2. The first-order valence-corrected chi connectivity index (χ1v) is 9.22. The zero-order chi connectivity index (χ0) is 20.1. The number of nitrogens with zero attached hydrogens (tertiary/aromatic N) is 5. The Hall–Kier alpha value is -3.89. The van der Waals surface area contributed by atoms with Gasteiger partial charge in [-0.15, -0.1) is 0 Å². The van der Waals surface area contributed by atoms with Crippen molar-refractivity contribution < 1.29 is 0 Å². The molecule has 0 atom stereocenters. The molecule has 0 aliphatic heterocycles. The summed E-state index contributed by atoms with van der Waals surface area (Å²) in [5, 5.41) is 18.2. The minimum atomic E-state index is -0.344. The third-order valence-corrected chi connectivity index (χ3v) is 5.15. The molecule has 8 heteroatoms. The quantitative estimate of drug-likeness (QED) is 0.487. The van der Waals surface area contributed by atoms with Crippen molar-refractivity contribution in [2.45, 2.75) is 6.92 Å². The predicted octanol–water partition coefficient (Wildman–Crippen LogP) is 3.86. The van der Waals surface area contributed by atoms with Crippen molar-refractivity contribution in [3.8, 4) is 23.0 Å². The fourth-order valence-corrected chi connectivity index (χ4v) is 3.71. The highest BCUT2D eigenvalue weighted by Gasteiger charge is 2.23. The number of nitrogens with one attached hydrogen (secondary N) is 1. The van der Waals surface area contributed by atoms with Crippen LogP contribution in [0.15, 0.2) is 59.4 Å². The Labute approximate surface area is 169 Å². The molecule has 0 unspecified atom stereocenters. The molecule has 0 aliphatic rings. The summed E-state index contributed by atoms with van der Waals surface area (Å²) >= 11 is 6.30. The van der Waals surface area contributed by atoms with E-state index in [1.54, 1.807) is 35.9 Å². The van der Waals surface area contributed by atoms with Gasteiger partial charge in [0.25, 0.3) is 5.56 Å². The van der Waals surface area contributed by atoms with E-state index in [-0.39, 0.29) is 16.8 Å². The largest absolute Gasteiger partial charge is 0.296 e. The number of aromatic amines is 1. The van der Waals surface area contributed by atoms with E-state index in [4.69, 9.17) is 11.6 Å². The number of para-hydroxylation sites is 1. The second-order valence-electron chi connectivity index (χ2n) is 6.57. The van der Waals surface area contributed by atoms with E-state index in [1.165, 1.54) is 4.52 Å². The molecule has 0 radical (unpaired) electrons. The van der Waals surface area contributed by atoms with Crippen LogP contribution in [-0.4, -0.2) is 24.4 Å². The number of nitriles is 1. The molecule has 140 valence electrons. The normalized spacial score (nSPS) is 11.2. The smallest absolute Gasteiger partial charge is 0.285 e. The van der Waals surface area contributed by atoms with Gasteiger partial charge in [-0.1, -0.05) is 48.0 Å². The van der Waals surface area contributed by atoms with Gasteiger partial charge in [-0.3, -0.25) is 9.89 Å².